The molecule has 3 atom stereocenters. The molecule has 2 rings (SSSR count). The first kappa shape index (κ1) is 14.9. The Morgan fingerprint density at radius 3 is 2.50 bits per heavy atom. The van der Waals surface area contributed by atoms with Crippen molar-refractivity contribution < 1.29 is 14.7 Å². The predicted octanol–water partition coefficient (Wildman–Crippen LogP) is 2.87. The summed E-state index contributed by atoms with van der Waals surface area (Å²) >= 11 is 5.92. The van der Waals surface area contributed by atoms with E-state index in [1.807, 2.05) is 19.1 Å². The van der Waals surface area contributed by atoms with Crippen LogP contribution in [0.25, 0.3) is 0 Å². The lowest BCUT2D eigenvalue weighted by Crippen LogP contribution is -2.30. The SMILES string of the molecule is C[C@H](NC(=O)C1C(C(=O)O)C1(C)C)c1cccc(Cl)c1. The Balaban J connectivity index is 2.04. The number of hydrogen-bond donors (Lipinski definition) is 2. The summed E-state index contributed by atoms with van der Waals surface area (Å²) in [5.41, 5.74) is 0.417. The van der Waals surface area contributed by atoms with Crippen molar-refractivity contribution >= 4 is 23.5 Å². The molecule has 1 aromatic rings. The first-order valence-electron chi connectivity index (χ1n) is 6.53. The molecule has 1 aliphatic rings. The van der Waals surface area contributed by atoms with E-state index in [0.29, 0.717) is 5.02 Å². The van der Waals surface area contributed by atoms with Crippen LogP contribution in [0.15, 0.2) is 24.3 Å². The summed E-state index contributed by atoms with van der Waals surface area (Å²) in [7, 11) is 0. The second-order valence-electron chi connectivity index (χ2n) is 5.90. The number of halogens is 1. The fourth-order valence-electron chi connectivity index (χ4n) is 2.75. The number of nitrogens with one attached hydrogen (secondary N) is 1. The van der Waals surface area contributed by atoms with E-state index in [4.69, 9.17) is 16.7 Å². The molecule has 20 heavy (non-hydrogen) atoms. The van der Waals surface area contributed by atoms with E-state index in [9.17, 15) is 9.59 Å². The lowest BCUT2D eigenvalue weighted by molar-refractivity contribution is -0.140. The number of carboxylic acid groups (broad SMARTS) is 1. The van der Waals surface area contributed by atoms with Crippen molar-refractivity contribution in [2.24, 2.45) is 17.3 Å². The highest BCUT2D eigenvalue weighted by molar-refractivity contribution is 6.30. The Bertz CT molecular complexity index is 556. The molecule has 1 aromatic carbocycles. The van der Waals surface area contributed by atoms with Crippen LogP contribution >= 0.6 is 11.6 Å². The summed E-state index contributed by atoms with van der Waals surface area (Å²) in [5.74, 6) is -2.20. The highest BCUT2D eigenvalue weighted by Gasteiger charge is 2.65. The summed E-state index contributed by atoms with van der Waals surface area (Å²) in [6, 6.07) is 7.06. The average Bonchev–Trinajstić information content (AvgIpc) is 2.92. The van der Waals surface area contributed by atoms with Crippen LogP contribution in [-0.2, 0) is 9.59 Å². The van der Waals surface area contributed by atoms with E-state index in [-0.39, 0.29) is 11.9 Å². The van der Waals surface area contributed by atoms with Crippen molar-refractivity contribution in [3.05, 3.63) is 34.9 Å². The van der Waals surface area contributed by atoms with Crippen LogP contribution in [0.3, 0.4) is 0 Å². The molecule has 1 saturated carbocycles. The van der Waals surface area contributed by atoms with E-state index in [1.165, 1.54) is 0 Å². The van der Waals surface area contributed by atoms with Crippen molar-refractivity contribution in [3.63, 3.8) is 0 Å². The Morgan fingerprint density at radius 2 is 2.00 bits per heavy atom. The summed E-state index contributed by atoms with van der Waals surface area (Å²) < 4.78 is 0. The molecule has 0 radical (unpaired) electrons. The minimum atomic E-state index is -0.912. The smallest absolute Gasteiger partial charge is 0.307 e. The lowest BCUT2D eigenvalue weighted by atomic mass is 10.1. The first-order valence-corrected chi connectivity index (χ1v) is 6.91. The van der Waals surface area contributed by atoms with E-state index < -0.39 is 23.2 Å². The number of aliphatic carboxylic acids is 1. The fourth-order valence-corrected chi connectivity index (χ4v) is 2.95. The van der Waals surface area contributed by atoms with Crippen LogP contribution in [0.2, 0.25) is 5.02 Å². The van der Waals surface area contributed by atoms with Crippen molar-refractivity contribution in [1.29, 1.82) is 0 Å². The molecule has 0 aromatic heterocycles. The van der Waals surface area contributed by atoms with Gasteiger partial charge in [0, 0.05) is 5.02 Å². The standard InChI is InChI=1S/C15H18ClNO3/c1-8(9-5-4-6-10(16)7-9)17-13(18)11-12(14(19)20)15(11,2)3/h4-8,11-12H,1-3H3,(H,17,18)(H,19,20)/t8-,11?,12?/m0/s1. The first-order chi connectivity index (χ1) is 9.25. The maximum absolute atomic E-state index is 12.2. The number of amides is 1. The van der Waals surface area contributed by atoms with Gasteiger partial charge in [0.15, 0.2) is 0 Å². The highest BCUT2D eigenvalue weighted by Crippen LogP contribution is 2.58. The molecule has 0 aliphatic heterocycles. The van der Waals surface area contributed by atoms with Crippen molar-refractivity contribution in [3.8, 4) is 0 Å². The lowest BCUT2D eigenvalue weighted by Gasteiger charge is -2.15. The number of carboxylic acids is 1. The largest absolute Gasteiger partial charge is 0.481 e. The minimum Gasteiger partial charge on any atom is -0.481 e. The molecule has 108 valence electrons. The van der Waals surface area contributed by atoms with E-state index in [0.717, 1.165) is 5.56 Å². The molecule has 2 unspecified atom stereocenters. The van der Waals surface area contributed by atoms with Gasteiger partial charge < -0.3 is 10.4 Å². The third kappa shape index (κ3) is 2.66. The molecule has 1 amide bonds. The topological polar surface area (TPSA) is 66.4 Å². The molecule has 1 fully saturated rings. The number of carbonyl (C=O) groups excluding carboxylic acids is 1. The molecule has 0 spiro atoms. The molecule has 5 heteroatoms. The second kappa shape index (κ2) is 5.09. The van der Waals surface area contributed by atoms with Crippen LogP contribution < -0.4 is 5.32 Å². The Kier molecular flexibility index (Phi) is 3.78. The molecule has 1 aliphatic carbocycles. The zero-order valence-electron chi connectivity index (χ0n) is 11.7. The van der Waals surface area contributed by atoms with Gasteiger partial charge >= 0.3 is 5.97 Å². The number of rotatable bonds is 4. The zero-order chi connectivity index (χ0) is 15.1. The maximum atomic E-state index is 12.2. The van der Waals surface area contributed by atoms with Gasteiger partial charge in [0.05, 0.1) is 17.9 Å². The van der Waals surface area contributed by atoms with Gasteiger partial charge in [-0.15, -0.1) is 0 Å². The predicted molar refractivity (Wildman–Crippen MR) is 76.4 cm³/mol. The van der Waals surface area contributed by atoms with Crippen LogP contribution in [0.5, 0.6) is 0 Å². The van der Waals surface area contributed by atoms with E-state index in [1.54, 1.807) is 26.0 Å². The number of hydrogen-bond acceptors (Lipinski definition) is 2. The van der Waals surface area contributed by atoms with Gasteiger partial charge in [-0.3, -0.25) is 9.59 Å². The summed E-state index contributed by atoms with van der Waals surface area (Å²) in [5, 5.41) is 12.6. The van der Waals surface area contributed by atoms with Gasteiger partial charge in [0.1, 0.15) is 0 Å². The van der Waals surface area contributed by atoms with E-state index in [2.05, 4.69) is 5.32 Å². The zero-order valence-corrected chi connectivity index (χ0v) is 12.4. The summed E-state index contributed by atoms with van der Waals surface area (Å²) in [6.07, 6.45) is 0. The van der Waals surface area contributed by atoms with Crippen LogP contribution in [-0.4, -0.2) is 17.0 Å². The van der Waals surface area contributed by atoms with E-state index >= 15 is 0 Å². The Labute approximate surface area is 123 Å². The van der Waals surface area contributed by atoms with Gasteiger partial charge in [0.25, 0.3) is 0 Å². The quantitative estimate of drug-likeness (QED) is 0.897. The van der Waals surface area contributed by atoms with Crippen molar-refractivity contribution in [1.82, 2.24) is 5.32 Å². The molecule has 0 bridgehead atoms. The van der Waals surface area contributed by atoms with Gasteiger partial charge in [0.2, 0.25) is 5.91 Å². The van der Waals surface area contributed by atoms with Crippen LogP contribution in [0.1, 0.15) is 32.4 Å². The minimum absolute atomic E-state index is 0.202. The van der Waals surface area contributed by atoms with Gasteiger partial charge in [-0.05, 0) is 30.0 Å². The average molecular weight is 296 g/mol. The maximum Gasteiger partial charge on any atom is 0.307 e. The van der Waals surface area contributed by atoms with Gasteiger partial charge in [-0.1, -0.05) is 37.6 Å². The third-order valence-corrected chi connectivity index (χ3v) is 4.32. The van der Waals surface area contributed by atoms with Crippen LogP contribution in [0.4, 0.5) is 0 Å². The Hall–Kier alpha value is -1.55. The molecule has 2 N–H and O–H groups in total. The molecule has 0 heterocycles. The summed E-state index contributed by atoms with van der Waals surface area (Å²) in [4.78, 5) is 23.3. The highest BCUT2D eigenvalue weighted by atomic mass is 35.5. The van der Waals surface area contributed by atoms with Gasteiger partial charge in [-0.25, -0.2) is 0 Å². The normalized spacial score (nSPS) is 24.8. The number of carbonyl (C=O) groups is 2. The molecular weight excluding hydrogens is 278 g/mol. The van der Waals surface area contributed by atoms with Crippen LogP contribution in [0, 0.1) is 17.3 Å². The third-order valence-electron chi connectivity index (χ3n) is 4.08. The van der Waals surface area contributed by atoms with Crippen molar-refractivity contribution in [2.45, 2.75) is 26.8 Å². The van der Waals surface area contributed by atoms with Crippen molar-refractivity contribution in [2.75, 3.05) is 0 Å². The second-order valence-corrected chi connectivity index (χ2v) is 6.34. The monoisotopic (exact) mass is 295 g/mol. The molecule has 0 saturated heterocycles. The molecule has 4 nitrogen and oxygen atoms in total. The van der Waals surface area contributed by atoms with Gasteiger partial charge in [-0.2, -0.15) is 0 Å². The summed E-state index contributed by atoms with van der Waals surface area (Å²) in [6.45, 7) is 5.47. The Morgan fingerprint density at radius 1 is 1.35 bits per heavy atom. The molecular formula is C15H18ClNO3. The fraction of sp³-hybridized carbons (Fsp3) is 0.467. The number of benzene rings is 1.